The number of rotatable bonds is 1. The number of ether oxygens (including phenoxy) is 1. The molecule has 0 fully saturated rings. The van der Waals surface area contributed by atoms with Crippen LogP contribution in [-0.2, 0) is 18.0 Å². The largest absolute Gasteiger partial charge is 0.507 e. The molecular weight excluding hydrogens is 168 g/mol. The predicted octanol–water partition coefficient (Wildman–Crippen LogP) is 1.62. The molecule has 1 heterocycles. The molecule has 68 valence electrons. The molecule has 1 N–H and O–H groups in total. The lowest BCUT2D eigenvalue weighted by Crippen LogP contribution is -1.95. The molecule has 0 aliphatic carbocycles. The van der Waals surface area contributed by atoms with Crippen molar-refractivity contribution in [3.63, 3.8) is 0 Å². The van der Waals surface area contributed by atoms with Gasteiger partial charge >= 0.3 is 0 Å². The van der Waals surface area contributed by atoms with E-state index in [0.29, 0.717) is 18.8 Å². The number of aromatic hydroxyl groups is 1. The van der Waals surface area contributed by atoms with E-state index in [1.807, 2.05) is 0 Å². The van der Waals surface area contributed by atoms with Gasteiger partial charge in [-0.1, -0.05) is 0 Å². The van der Waals surface area contributed by atoms with Crippen LogP contribution in [-0.4, -0.2) is 10.9 Å². The highest BCUT2D eigenvalue weighted by Crippen LogP contribution is 2.27. The molecule has 0 unspecified atom stereocenters. The Morgan fingerprint density at radius 1 is 1.38 bits per heavy atom. The second-order valence-corrected chi connectivity index (χ2v) is 3.19. The van der Waals surface area contributed by atoms with Crippen molar-refractivity contribution in [2.75, 3.05) is 0 Å². The Hall–Kier alpha value is -1.35. The molecule has 0 amide bonds. The fraction of sp³-hybridized carbons (Fsp3) is 0.300. The number of ketones is 1. The van der Waals surface area contributed by atoms with Crippen LogP contribution in [0.15, 0.2) is 12.1 Å². The molecule has 1 aliphatic rings. The van der Waals surface area contributed by atoms with Crippen LogP contribution in [0.2, 0.25) is 0 Å². The monoisotopic (exact) mass is 178 g/mol. The Morgan fingerprint density at radius 2 is 2.00 bits per heavy atom. The molecule has 1 aromatic rings. The highest BCUT2D eigenvalue weighted by molar-refractivity contribution is 5.97. The molecule has 0 radical (unpaired) electrons. The van der Waals surface area contributed by atoms with Gasteiger partial charge in [-0.25, -0.2) is 0 Å². The van der Waals surface area contributed by atoms with Crippen molar-refractivity contribution in [3.05, 3.63) is 28.8 Å². The van der Waals surface area contributed by atoms with Crippen LogP contribution in [0.1, 0.15) is 28.4 Å². The maximum Gasteiger partial charge on any atom is 0.163 e. The predicted molar refractivity (Wildman–Crippen MR) is 46.6 cm³/mol. The molecule has 0 atom stereocenters. The maximum atomic E-state index is 11.1. The first kappa shape index (κ1) is 8.26. The summed E-state index contributed by atoms with van der Waals surface area (Å²) in [6, 6.07) is 3.32. The molecule has 0 spiro atoms. The minimum atomic E-state index is -0.118. The van der Waals surface area contributed by atoms with E-state index in [2.05, 4.69) is 0 Å². The SMILES string of the molecule is CC(=O)c1cc2c(cc1O)COC2. The molecule has 1 aliphatic heterocycles. The molecule has 0 saturated carbocycles. The molecule has 0 aromatic heterocycles. The number of hydrogen-bond acceptors (Lipinski definition) is 3. The molecule has 2 rings (SSSR count). The van der Waals surface area contributed by atoms with Crippen molar-refractivity contribution in [2.45, 2.75) is 20.1 Å². The fourth-order valence-electron chi connectivity index (χ4n) is 1.50. The van der Waals surface area contributed by atoms with Crippen LogP contribution in [0.4, 0.5) is 0 Å². The van der Waals surface area contributed by atoms with Crippen LogP contribution in [0.25, 0.3) is 0 Å². The smallest absolute Gasteiger partial charge is 0.163 e. The molecule has 3 nitrogen and oxygen atoms in total. The van der Waals surface area contributed by atoms with Gasteiger partial charge in [0.05, 0.1) is 18.8 Å². The highest BCUT2D eigenvalue weighted by Gasteiger charge is 2.16. The molecule has 3 heteroatoms. The minimum Gasteiger partial charge on any atom is -0.507 e. The van der Waals surface area contributed by atoms with Crippen molar-refractivity contribution in [1.29, 1.82) is 0 Å². The Morgan fingerprint density at radius 3 is 2.62 bits per heavy atom. The third-order valence-corrected chi connectivity index (χ3v) is 2.21. The van der Waals surface area contributed by atoms with Gasteiger partial charge in [-0.2, -0.15) is 0 Å². The molecular formula is C10H10O3. The molecule has 1 aromatic carbocycles. The lowest BCUT2D eigenvalue weighted by molar-refractivity contribution is 0.101. The second kappa shape index (κ2) is 2.85. The normalized spacial score (nSPS) is 14.2. The van der Waals surface area contributed by atoms with Gasteiger partial charge in [-0.15, -0.1) is 0 Å². The van der Waals surface area contributed by atoms with Gasteiger partial charge < -0.3 is 9.84 Å². The Bertz CT molecular complexity index is 369. The van der Waals surface area contributed by atoms with Crippen molar-refractivity contribution in [3.8, 4) is 5.75 Å². The number of fused-ring (bicyclic) bond motifs is 1. The zero-order chi connectivity index (χ0) is 9.42. The average molecular weight is 178 g/mol. The first-order valence-corrected chi connectivity index (χ1v) is 4.12. The maximum absolute atomic E-state index is 11.1. The summed E-state index contributed by atoms with van der Waals surface area (Å²) >= 11 is 0. The van der Waals surface area contributed by atoms with Crippen LogP contribution < -0.4 is 0 Å². The van der Waals surface area contributed by atoms with Crippen LogP contribution in [0.5, 0.6) is 5.75 Å². The first-order chi connectivity index (χ1) is 6.18. The van der Waals surface area contributed by atoms with E-state index < -0.39 is 0 Å². The Balaban J connectivity index is 2.55. The number of phenols is 1. The van der Waals surface area contributed by atoms with Crippen LogP contribution in [0, 0.1) is 0 Å². The zero-order valence-electron chi connectivity index (χ0n) is 7.33. The Labute approximate surface area is 76.0 Å². The summed E-state index contributed by atoms with van der Waals surface area (Å²) in [4.78, 5) is 11.1. The summed E-state index contributed by atoms with van der Waals surface area (Å²) in [5, 5.41) is 9.47. The summed E-state index contributed by atoms with van der Waals surface area (Å²) < 4.78 is 5.18. The van der Waals surface area contributed by atoms with Crippen molar-refractivity contribution >= 4 is 5.78 Å². The minimum absolute atomic E-state index is 0.0525. The Kier molecular flexibility index (Phi) is 1.81. The van der Waals surface area contributed by atoms with E-state index in [-0.39, 0.29) is 11.5 Å². The number of Topliss-reactive ketones (excluding diaryl/α,β-unsaturated/α-hetero) is 1. The van der Waals surface area contributed by atoms with Crippen LogP contribution >= 0.6 is 0 Å². The standard InChI is InChI=1S/C10H10O3/c1-6(11)9-2-7-4-13-5-8(7)3-10(9)12/h2-3,12H,4-5H2,1H3. The summed E-state index contributed by atoms with van der Waals surface area (Å²) in [5.74, 6) is -0.0658. The summed E-state index contributed by atoms with van der Waals surface area (Å²) in [5.41, 5.74) is 2.36. The summed E-state index contributed by atoms with van der Waals surface area (Å²) in [6.45, 7) is 2.51. The molecule has 0 saturated heterocycles. The quantitative estimate of drug-likeness (QED) is 0.665. The number of benzene rings is 1. The number of carbonyl (C=O) groups excluding carboxylic acids is 1. The van der Waals surface area contributed by atoms with E-state index >= 15 is 0 Å². The van der Waals surface area contributed by atoms with Gasteiger partial charge in [0.25, 0.3) is 0 Å². The van der Waals surface area contributed by atoms with Crippen LogP contribution in [0.3, 0.4) is 0 Å². The summed E-state index contributed by atoms with van der Waals surface area (Å²) in [7, 11) is 0. The highest BCUT2D eigenvalue weighted by atomic mass is 16.5. The second-order valence-electron chi connectivity index (χ2n) is 3.19. The van der Waals surface area contributed by atoms with Gasteiger partial charge in [-0.05, 0) is 30.2 Å². The molecule has 13 heavy (non-hydrogen) atoms. The third kappa shape index (κ3) is 1.31. The van der Waals surface area contributed by atoms with E-state index in [9.17, 15) is 9.90 Å². The number of carbonyl (C=O) groups is 1. The first-order valence-electron chi connectivity index (χ1n) is 4.12. The van der Waals surface area contributed by atoms with E-state index in [4.69, 9.17) is 4.74 Å². The lowest BCUT2D eigenvalue weighted by Gasteiger charge is -2.03. The lowest BCUT2D eigenvalue weighted by atomic mass is 10.0. The van der Waals surface area contributed by atoms with Gasteiger partial charge in [0.1, 0.15) is 5.75 Å². The van der Waals surface area contributed by atoms with Gasteiger partial charge in [0, 0.05) is 0 Å². The van der Waals surface area contributed by atoms with Crippen molar-refractivity contribution < 1.29 is 14.6 Å². The molecule has 0 bridgehead atoms. The van der Waals surface area contributed by atoms with E-state index in [0.717, 1.165) is 11.1 Å². The number of phenolic OH excluding ortho intramolecular Hbond substituents is 1. The topological polar surface area (TPSA) is 46.5 Å². The fourth-order valence-corrected chi connectivity index (χ4v) is 1.50. The van der Waals surface area contributed by atoms with Gasteiger partial charge in [0.15, 0.2) is 5.78 Å². The van der Waals surface area contributed by atoms with E-state index in [1.54, 1.807) is 12.1 Å². The van der Waals surface area contributed by atoms with Crippen molar-refractivity contribution in [2.24, 2.45) is 0 Å². The van der Waals surface area contributed by atoms with Crippen molar-refractivity contribution in [1.82, 2.24) is 0 Å². The van der Waals surface area contributed by atoms with Gasteiger partial charge in [-0.3, -0.25) is 4.79 Å². The van der Waals surface area contributed by atoms with Gasteiger partial charge in [0.2, 0.25) is 0 Å². The average Bonchev–Trinajstić information content (AvgIpc) is 2.48. The third-order valence-electron chi connectivity index (χ3n) is 2.21. The zero-order valence-corrected chi connectivity index (χ0v) is 7.33. The summed E-state index contributed by atoms with van der Waals surface area (Å²) in [6.07, 6.45) is 0. The number of hydrogen-bond donors (Lipinski definition) is 1. The van der Waals surface area contributed by atoms with E-state index in [1.165, 1.54) is 6.92 Å².